The topological polar surface area (TPSA) is 116 Å². The fraction of sp³-hybridized carbons (Fsp3) is 0.353. The smallest absolute Gasteiger partial charge is 0.466 e. The van der Waals surface area contributed by atoms with E-state index in [1.54, 1.807) is 0 Å². The molecule has 0 amide bonds. The van der Waals surface area contributed by atoms with Crippen LogP contribution in [0.2, 0.25) is 0 Å². The number of methoxy groups -OCH3 is 2. The third kappa shape index (κ3) is 3.72. The number of carbonyl (C=O) groups excluding carboxylic acids is 3. The SMILES string of the molecule is CCOC(=O)[C@@H]1C(C(=O)OC)=C(C(=O)OC)c2ccccc2N1S(=O)(=O)C(F)(F)F. The highest BCUT2D eigenvalue weighted by atomic mass is 32.2. The maximum atomic E-state index is 13.5. The molecule has 1 aliphatic heterocycles. The summed E-state index contributed by atoms with van der Waals surface area (Å²) in [6.07, 6.45) is 0. The number of para-hydroxylation sites is 1. The number of halogens is 3. The monoisotopic (exact) mass is 451 g/mol. The van der Waals surface area contributed by atoms with Crippen molar-refractivity contribution >= 4 is 39.2 Å². The Morgan fingerprint density at radius 2 is 1.63 bits per heavy atom. The van der Waals surface area contributed by atoms with Crippen LogP contribution in [0.25, 0.3) is 5.57 Å². The average molecular weight is 451 g/mol. The van der Waals surface area contributed by atoms with Crippen molar-refractivity contribution in [2.45, 2.75) is 18.5 Å². The lowest BCUT2D eigenvalue weighted by atomic mass is 9.89. The highest BCUT2D eigenvalue weighted by molar-refractivity contribution is 7.93. The second-order valence-corrected chi connectivity index (χ2v) is 7.50. The first-order valence-electron chi connectivity index (χ1n) is 8.21. The van der Waals surface area contributed by atoms with Gasteiger partial charge in [0.25, 0.3) is 0 Å². The number of fused-ring (bicyclic) bond motifs is 1. The molecule has 0 N–H and O–H groups in total. The molecule has 0 saturated carbocycles. The number of carbonyl (C=O) groups is 3. The summed E-state index contributed by atoms with van der Waals surface area (Å²) >= 11 is 0. The van der Waals surface area contributed by atoms with Gasteiger partial charge in [-0.2, -0.15) is 21.6 Å². The molecule has 30 heavy (non-hydrogen) atoms. The van der Waals surface area contributed by atoms with E-state index in [0.29, 0.717) is 0 Å². The Balaban J connectivity index is 3.04. The average Bonchev–Trinajstić information content (AvgIpc) is 2.69. The molecule has 0 fully saturated rings. The van der Waals surface area contributed by atoms with Crippen molar-refractivity contribution in [1.29, 1.82) is 0 Å². The van der Waals surface area contributed by atoms with Gasteiger partial charge < -0.3 is 14.2 Å². The van der Waals surface area contributed by atoms with Crippen molar-refractivity contribution in [2.75, 3.05) is 25.1 Å². The summed E-state index contributed by atoms with van der Waals surface area (Å²) in [6.45, 7) is 0.971. The largest absolute Gasteiger partial charge is 0.516 e. The molecular formula is C17H16F3NO8S. The second kappa shape index (κ2) is 8.34. The van der Waals surface area contributed by atoms with E-state index < -0.39 is 56.3 Å². The van der Waals surface area contributed by atoms with Gasteiger partial charge in [0.2, 0.25) is 0 Å². The van der Waals surface area contributed by atoms with Gasteiger partial charge in [-0.05, 0) is 13.0 Å². The van der Waals surface area contributed by atoms with Gasteiger partial charge in [-0.3, -0.25) is 0 Å². The van der Waals surface area contributed by atoms with Crippen molar-refractivity contribution < 1.29 is 50.2 Å². The standard InChI is InChI=1S/C17H16F3NO8S/c1-4-29-16(24)13-12(15(23)28-3)11(14(22)27-2)9-7-5-6-8-10(9)21(13)30(25,26)17(18,19)20/h5-8,13H,4H2,1-3H3/t13-/m0/s1. The summed E-state index contributed by atoms with van der Waals surface area (Å²) < 4.78 is 78.7. The van der Waals surface area contributed by atoms with E-state index in [2.05, 4.69) is 9.47 Å². The molecule has 1 aromatic rings. The summed E-state index contributed by atoms with van der Waals surface area (Å²) in [5.74, 6) is -4.12. The van der Waals surface area contributed by atoms with Gasteiger partial charge >= 0.3 is 33.4 Å². The van der Waals surface area contributed by atoms with Crippen LogP contribution in [0.3, 0.4) is 0 Å². The van der Waals surface area contributed by atoms with Crippen LogP contribution in [-0.2, 0) is 38.6 Å². The quantitative estimate of drug-likeness (QED) is 0.487. The molecule has 2 rings (SSSR count). The van der Waals surface area contributed by atoms with Gasteiger partial charge in [0.05, 0.1) is 37.7 Å². The van der Waals surface area contributed by atoms with Gasteiger partial charge in [0, 0.05) is 5.56 Å². The maximum Gasteiger partial charge on any atom is 0.516 e. The number of alkyl halides is 3. The van der Waals surface area contributed by atoms with Crippen molar-refractivity contribution in [2.24, 2.45) is 0 Å². The van der Waals surface area contributed by atoms with E-state index in [9.17, 15) is 36.0 Å². The van der Waals surface area contributed by atoms with Crippen LogP contribution in [0, 0.1) is 0 Å². The van der Waals surface area contributed by atoms with Gasteiger partial charge in [-0.15, -0.1) is 0 Å². The maximum absolute atomic E-state index is 13.5. The summed E-state index contributed by atoms with van der Waals surface area (Å²) in [4.78, 5) is 37.4. The summed E-state index contributed by atoms with van der Waals surface area (Å²) in [5, 5.41) is 0. The van der Waals surface area contributed by atoms with Gasteiger partial charge in [0.1, 0.15) is 0 Å². The molecule has 0 radical (unpaired) electrons. The molecule has 13 heteroatoms. The zero-order valence-electron chi connectivity index (χ0n) is 15.8. The van der Waals surface area contributed by atoms with E-state index in [1.807, 2.05) is 0 Å². The number of ether oxygens (including phenoxy) is 3. The van der Waals surface area contributed by atoms with Crippen molar-refractivity contribution in [3.05, 3.63) is 35.4 Å². The van der Waals surface area contributed by atoms with Crippen LogP contribution in [0.1, 0.15) is 12.5 Å². The van der Waals surface area contributed by atoms with Crippen LogP contribution in [-0.4, -0.2) is 58.7 Å². The lowest BCUT2D eigenvalue weighted by molar-refractivity contribution is -0.146. The van der Waals surface area contributed by atoms with E-state index in [0.717, 1.165) is 26.4 Å². The number of sulfonamides is 1. The number of esters is 3. The molecular weight excluding hydrogens is 435 g/mol. The van der Waals surface area contributed by atoms with Crippen molar-refractivity contribution in [3.8, 4) is 0 Å². The number of hydrogen-bond acceptors (Lipinski definition) is 8. The number of nitrogens with zero attached hydrogens (tertiary/aromatic N) is 1. The lowest BCUT2D eigenvalue weighted by Crippen LogP contribution is -2.55. The molecule has 1 atom stereocenters. The first-order chi connectivity index (χ1) is 13.9. The molecule has 1 heterocycles. The Hall–Kier alpha value is -3.09. The third-order valence-corrected chi connectivity index (χ3v) is 5.55. The third-order valence-electron chi connectivity index (χ3n) is 4.04. The number of hydrogen-bond donors (Lipinski definition) is 0. The lowest BCUT2D eigenvalue weighted by Gasteiger charge is -2.37. The zero-order chi connectivity index (χ0) is 22.9. The molecule has 9 nitrogen and oxygen atoms in total. The Morgan fingerprint density at radius 1 is 1.07 bits per heavy atom. The van der Waals surface area contributed by atoms with Crippen LogP contribution in [0.15, 0.2) is 29.8 Å². The van der Waals surface area contributed by atoms with E-state index >= 15 is 0 Å². The summed E-state index contributed by atoms with van der Waals surface area (Å²) in [7, 11) is -4.44. The predicted molar refractivity (Wildman–Crippen MR) is 95.3 cm³/mol. The van der Waals surface area contributed by atoms with Crippen LogP contribution >= 0.6 is 0 Å². The minimum absolute atomic E-state index is 0.293. The zero-order valence-corrected chi connectivity index (χ0v) is 16.7. The predicted octanol–water partition coefficient (Wildman–Crippen LogP) is 1.39. The first-order valence-corrected chi connectivity index (χ1v) is 9.65. The summed E-state index contributed by atoms with van der Waals surface area (Å²) in [5.41, 5.74) is -8.46. The Kier molecular flexibility index (Phi) is 6.45. The normalized spacial score (nSPS) is 16.6. The van der Waals surface area contributed by atoms with E-state index in [4.69, 9.17) is 4.74 Å². The van der Waals surface area contributed by atoms with E-state index in [-0.39, 0.29) is 16.5 Å². The Bertz CT molecular complexity index is 1020. The highest BCUT2D eigenvalue weighted by Crippen LogP contribution is 2.44. The van der Waals surface area contributed by atoms with Crippen LogP contribution < -0.4 is 4.31 Å². The van der Waals surface area contributed by atoms with Crippen LogP contribution in [0.4, 0.5) is 18.9 Å². The fourth-order valence-corrected chi connectivity index (χ4v) is 3.99. The molecule has 1 aromatic carbocycles. The molecule has 0 aromatic heterocycles. The molecule has 0 bridgehead atoms. The Morgan fingerprint density at radius 3 is 2.13 bits per heavy atom. The number of rotatable bonds is 5. The van der Waals surface area contributed by atoms with Crippen molar-refractivity contribution in [3.63, 3.8) is 0 Å². The summed E-state index contributed by atoms with van der Waals surface area (Å²) in [6, 6.07) is 2.05. The molecule has 0 aliphatic carbocycles. The Labute approximate surface area is 169 Å². The minimum atomic E-state index is -6.22. The van der Waals surface area contributed by atoms with Gasteiger partial charge in [-0.25, -0.2) is 18.7 Å². The fourth-order valence-electron chi connectivity index (χ4n) is 2.88. The molecule has 1 aliphatic rings. The highest BCUT2D eigenvalue weighted by Gasteiger charge is 2.58. The number of anilines is 1. The molecule has 0 saturated heterocycles. The van der Waals surface area contributed by atoms with Gasteiger partial charge in [0.15, 0.2) is 6.04 Å². The second-order valence-electron chi connectivity index (χ2n) is 5.69. The molecule has 164 valence electrons. The van der Waals surface area contributed by atoms with E-state index in [1.165, 1.54) is 19.1 Å². The molecule has 0 spiro atoms. The number of benzene rings is 1. The van der Waals surface area contributed by atoms with Crippen molar-refractivity contribution in [1.82, 2.24) is 0 Å². The molecule has 0 unspecified atom stereocenters. The van der Waals surface area contributed by atoms with Gasteiger partial charge in [-0.1, -0.05) is 18.2 Å². The van der Waals surface area contributed by atoms with Crippen LogP contribution in [0.5, 0.6) is 0 Å². The first kappa shape index (κ1) is 23.2. The minimum Gasteiger partial charge on any atom is -0.466 e.